The van der Waals surface area contributed by atoms with Gasteiger partial charge in [-0.2, -0.15) is 5.10 Å². The third-order valence-corrected chi connectivity index (χ3v) is 4.49. The molecule has 1 atom stereocenters. The highest BCUT2D eigenvalue weighted by Crippen LogP contribution is 2.24. The van der Waals surface area contributed by atoms with Gasteiger partial charge in [0.05, 0.1) is 6.54 Å². The number of hydrogen-bond acceptors (Lipinski definition) is 5. The second-order valence-corrected chi connectivity index (χ2v) is 6.26. The molecule has 1 saturated heterocycles. The second-order valence-electron chi connectivity index (χ2n) is 6.26. The molecule has 9 heteroatoms. The number of pyridine rings is 1. The average molecular weight is 352 g/mol. The fourth-order valence-corrected chi connectivity index (χ4v) is 3.16. The van der Waals surface area contributed by atoms with Crippen LogP contribution in [0.5, 0.6) is 0 Å². The Morgan fingerprint density at radius 1 is 1.31 bits per heavy atom. The van der Waals surface area contributed by atoms with Crippen LogP contribution in [0.2, 0.25) is 0 Å². The van der Waals surface area contributed by atoms with Crippen LogP contribution in [0.25, 0.3) is 11.4 Å². The maximum absolute atomic E-state index is 12.5. The van der Waals surface area contributed by atoms with Gasteiger partial charge < -0.3 is 15.2 Å². The molecule has 26 heavy (non-hydrogen) atoms. The van der Waals surface area contributed by atoms with Crippen LogP contribution in [-0.2, 0) is 6.54 Å². The van der Waals surface area contributed by atoms with Crippen molar-refractivity contribution < 1.29 is 4.79 Å². The summed E-state index contributed by atoms with van der Waals surface area (Å²) in [6, 6.07) is 3.59. The molecule has 2 amide bonds. The summed E-state index contributed by atoms with van der Waals surface area (Å²) in [5.41, 5.74) is 0.881. The number of aromatic amines is 2. The lowest BCUT2D eigenvalue weighted by Gasteiger charge is -2.31. The van der Waals surface area contributed by atoms with Gasteiger partial charge in [-0.25, -0.2) is 14.8 Å². The zero-order valence-electron chi connectivity index (χ0n) is 14.2. The topological polar surface area (TPSA) is 115 Å². The first kappa shape index (κ1) is 16.2. The molecule has 1 aliphatic heterocycles. The maximum atomic E-state index is 12.5. The number of hydrogen-bond donors (Lipinski definition) is 3. The van der Waals surface area contributed by atoms with E-state index in [1.54, 1.807) is 18.6 Å². The third-order valence-electron chi connectivity index (χ3n) is 4.49. The average Bonchev–Trinajstić information content (AvgIpc) is 3.39. The van der Waals surface area contributed by atoms with Crippen molar-refractivity contribution in [3.05, 3.63) is 48.6 Å². The normalized spacial score (nSPS) is 17.2. The summed E-state index contributed by atoms with van der Waals surface area (Å²) in [6.45, 7) is 1.72. The minimum absolute atomic E-state index is 0.0943. The van der Waals surface area contributed by atoms with E-state index in [1.165, 1.54) is 0 Å². The van der Waals surface area contributed by atoms with E-state index in [4.69, 9.17) is 0 Å². The molecule has 9 nitrogen and oxygen atoms in total. The fraction of sp³-hybridized carbons (Fsp3) is 0.353. The molecular weight excluding hydrogens is 332 g/mol. The van der Waals surface area contributed by atoms with Crippen molar-refractivity contribution in [2.75, 3.05) is 13.1 Å². The van der Waals surface area contributed by atoms with Crippen LogP contribution in [0.15, 0.2) is 36.9 Å². The van der Waals surface area contributed by atoms with Crippen molar-refractivity contribution in [2.24, 2.45) is 0 Å². The van der Waals surface area contributed by atoms with Crippen LogP contribution in [0, 0.1) is 0 Å². The number of aromatic nitrogens is 6. The Balaban J connectivity index is 1.33. The first-order chi connectivity index (χ1) is 12.8. The van der Waals surface area contributed by atoms with Gasteiger partial charge in [0.15, 0.2) is 5.82 Å². The smallest absolute Gasteiger partial charge is 0.317 e. The number of nitrogens with zero attached hydrogens (tertiary/aromatic N) is 5. The summed E-state index contributed by atoms with van der Waals surface area (Å²) >= 11 is 0. The molecule has 0 radical (unpaired) electrons. The molecule has 3 N–H and O–H groups in total. The highest BCUT2D eigenvalue weighted by molar-refractivity contribution is 5.74. The summed E-state index contributed by atoms with van der Waals surface area (Å²) in [7, 11) is 0. The van der Waals surface area contributed by atoms with Crippen LogP contribution in [0.1, 0.15) is 30.4 Å². The predicted molar refractivity (Wildman–Crippen MR) is 94.0 cm³/mol. The Morgan fingerprint density at radius 2 is 2.19 bits per heavy atom. The molecular formula is C17H20N8O. The van der Waals surface area contributed by atoms with E-state index in [-0.39, 0.29) is 11.9 Å². The molecule has 4 heterocycles. The lowest BCUT2D eigenvalue weighted by molar-refractivity contribution is 0.178. The highest BCUT2D eigenvalue weighted by Gasteiger charge is 2.26. The van der Waals surface area contributed by atoms with Gasteiger partial charge >= 0.3 is 6.03 Å². The highest BCUT2D eigenvalue weighted by atomic mass is 16.2. The van der Waals surface area contributed by atoms with Crippen molar-refractivity contribution >= 4 is 6.03 Å². The molecule has 3 aromatic rings. The second kappa shape index (κ2) is 7.34. The number of H-pyrrole nitrogens is 2. The summed E-state index contributed by atoms with van der Waals surface area (Å²) in [5, 5.41) is 9.96. The van der Waals surface area contributed by atoms with Crippen molar-refractivity contribution in [1.29, 1.82) is 0 Å². The maximum Gasteiger partial charge on any atom is 0.317 e. The number of nitrogens with one attached hydrogen (secondary N) is 3. The molecule has 4 rings (SSSR count). The molecule has 1 aliphatic rings. The molecule has 3 aromatic heterocycles. The lowest BCUT2D eigenvalue weighted by atomic mass is 9.98. The van der Waals surface area contributed by atoms with Gasteiger partial charge in [0, 0.05) is 49.4 Å². The van der Waals surface area contributed by atoms with Crippen molar-refractivity contribution in [3.63, 3.8) is 0 Å². The predicted octanol–water partition coefficient (Wildman–Crippen LogP) is 1.68. The van der Waals surface area contributed by atoms with E-state index in [2.05, 4.69) is 35.5 Å². The van der Waals surface area contributed by atoms with Crippen molar-refractivity contribution in [1.82, 2.24) is 40.3 Å². The molecule has 0 aliphatic carbocycles. The monoisotopic (exact) mass is 352 g/mol. The quantitative estimate of drug-likeness (QED) is 0.661. The number of carbonyl (C=O) groups is 1. The Labute approximate surface area is 150 Å². The van der Waals surface area contributed by atoms with E-state index in [0.29, 0.717) is 24.7 Å². The van der Waals surface area contributed by atoms with Gasteiger partial charge in [-0.3, -0.25) is 10.1 Å². The van der Waals surface area contributed by atoms with Gasteiger partial charge in [0.1, 0.15) is 11.6 Å². The molecule has 0 aromatic carbocycles. The molecule has 1 unspecified atom stereocenters. The van der Waals surface area contributed by atoms with Crippen molar-refractivity contribution in [2.45, 2.75) is 25.3 Å². The summed E-state index contributed by atoms with van der Waals surface area (Å²) in [6.07, 6.45) is 8.96. The first-order valence-electron chi connectivity index (χ1n) is 8.63. The SMILES string of the molecule is O=C(NCc1nc(-c2ccncc2)n[nH]1)N1CCCC(c2ncc[nH]2)C1. The van der Waals surface area contributed by atoms with E-state index < -0.39 is 0 Å². The Bertz CT molecular complexity index is 845. The minimum atomic E-state index is -0.0943. The van der Waals surface area contributed by atoms with Gasteiger partial charge in [0.25, 0.3) is 0 Å². The number of likely N-dealkylation sites (tertiary alicyclic amines) is 1. The van der Waals surface area contributed by atoms with Gasteiger partial charge in [-0.05, 0) is 25.0 Å². The Morgan fingerprint density at radius 3 is 3.00 bits per heavy atom. The van der Waals surface area contributed by atoms with Crippen LogP contribution in [0.4, 0.5) is 4.79 Å². The van der Waals surface area contributed by atoms with Crippen molar-refractivity contribution in [3.8, 4) is 11.4 Å². The number of imidazole rings is 1. The fourth-order valence-electron chi connectivity index (χ4n) is 3.16. The molecule has 0 saturated carbocycles. The Kier molecular flexibility index (Phi) is 4.59. The summed E-state index contributed by atoms with van der Waals surface area (Å²) in [5.74, 6) is 2.41. The first-order valence-corrected chi connectivity index (χ1v) is 8.63. The van der Waals surface area contributed by atoms with Crippen LogP contribution >= 0.6 is 0 Å². The van der Waals surface area contributed by atoms with E-state index in [0.717, 1.165) is 30.8 Å². The number of amides is 2. The molecule has 1 fully saturated rings. The molecule has 0 spiro atoms. The molecule has 0 bridgehead atoms. The summed E-state index contributed by atoms with van der Waals surface area (Å²) in [4.78, 5) is 30.2. The van der Waals surface area contributed by atoms with E-state index in [1.807, 2.05) is 23.2 Å². The summed E-state index contributed by atoms with van der Waals surface area (Å²) < 4.78 is 0. The van der Waals surface area contributed by atoms with Gasteiger partial charge in [-0.15, -0.1) is 0 Å². The zero-order valence-corrected chi connectivity index (χ0v) is 14.2. The number of piperidine rings is 1. The lowest BCUT2D eigenvalue weighted by Crippen LogP contribution is -2.45. The number of carbonyl (C=O) groups excluding carboxylic acids is 1. The van der Waals surface area contributed by atoms with E-state index in [9.17, 15) is 4.79 Å². The number of urea groups is 1. The Hall–Kier alpha value is -3.23. The zero-order chi connectivity index (χ0) is 17.8. The third kappa shape index (κ3) is 3.56. The minimum Gasteiger partial charge on any atom is -0.348 e. The van der Waals surface area contributed by atoms with Crippen LogP contribution < -0.4 is 5.32 Å². The van der Waals surface area contributed by atoms with E-state index >= 15 is 0 Å². The molecule has 134 valence electrons. The van der Waals surface area contributed by atoms with Crippen LogP contribution in [-0.4, -0.2) is 54.2 Å². The van der Waals surface area contributed by atoms with Crippen LogP contribution in [0.3, 0.4) is 0 Å². The van der Waals surface area contributed by atoms with Gasteiger partial charge in [0.2, 0.25) is 0 Å². The van der Waals surface area contributed by atoms with Gasteiger partial charge in [-0.1, -0.05) is 0 Å². The standard InChI is InChI=1S/C17H20N8O/c26-17(25-9-1-2-13(11-25)15-19-7-8-20-15)21-10-14-22-16(24-23-14)12-3-5-18-6-4-12/h3-8,13H,1-2,9-11H2,(H,19,20)(H,21,26)(H,22,23,24). The largest absolute Gasteiger partial charge is 0.348 e. The number of rotatable bonds is 4.